The van der Waals surface area contributed by atoms with Gasteiger partial charge in [-0.05, 0) is 44.6 Å². The maximum absolute atomic E-state index is 12.5. The van der Waals surface area contributed by atoms with Crippen molar-refractivity contribution >= 4 is 17.4 Å². The van der Waals surface area contributed by atoms with Gasteiger partial charge in [-0.1, -0.05) is 0 Å². The number of piperazine rings is 1. The number of carbonyl (C=O) groups is 1. The molecule has 0 spiro atoms. The summed E-state index contributed by atoms with van der Waals surface area (Å²) in [6.07, 6.45) is 5.83. The fourth-order valence-corrected chi connectivity index (χ4v) is 3.60. The van der Waals surface area contributed by atoms with Crippen molar-refractivity contribution in [3.8, 4) is 0 Å². The van der Waals surface area contributed by atoms with E-state index in [9.17, 15) is 4.79 Å². The Morgan fingerprint density at radius 2 is 2.07 bits per heavy atom. The van der Waals surface area contributed by atoms with Crippen molar-refractivity contribution in [3.63, 3.8) is 0 Å². The lowest BCUT2D eigenvalue weighted by atomic mass is 10.1. The lowest BCUT2D eigenvalue weighted by Gasteiger charge is -2.33. The maximum atomic E-state index is 12.5. The molecule has 2 fully saturated rings. The third-order valence-corrected chi connectivity index (χ3v) is 5.32. The van der Waals surface area contributed by atoms with Gasteiger partial charge in [0.1, 0.15) is 5.82 Å². The molecule has 1 unspecified atom stereocenters. The second-order valence-electron chi connectivity index (χ2n) is 7.33. The van der Waals surface area contributed by atoms with Gasteiger partial charge in [-0.15, -0.1) is 0 Å². The van der Waals surface area contributed by atoms with E-state index >= 15 is 0 Å². The van der Waals surface area contributed by atoms with Crippen molar-refractivity contribution in [2.75, 3.05) is 56.5 Å². The average molecular weight is 369 g/mol. The van der Waals surface area contributed by atoms with E-state index in [1.807, 2.05) is 23.0 Å². The Balaban J connectivity index is 1.36. The Bertz CT molecular complexity index is 759. The molecule has 2 N–H and O–H groups in total. The van der Waals surface area contributed by atoms with Gasteiger partial charge in [-0.3, -0.25) is 9.48 Å². The number of hydrogen-bond acceptors (Lipinski definition) is 6. The Morgan fingerprint density at radius 1 is 1.22 bits per heavy atom. The van der Waals surface area contributed by atoms with Crippen LogP contribution in [-0.2, 0) is 0 Å². The minimum Gasteiger partial charge on any atom is -0.354 e. The number of carbonyl (C=O) groups excluding carboxylic acids is 1. The summed E-state index contributed by atoms with van der Waals surface area (Å²) >= 11 is 0. The summed E-state index contributed by atoms with van der Waals surface area (Å²) in [5.41, 5.74) is 1.12. The number of piperidine rings is 1. The van der Waals surface area contributed by atoms with Crippen LogP contribution in [0.1, 0.15) is 29.4 Å². The van der Waals surface area contributed by atoms with Crippen molar-refractivity contribution in [1.82, 2.24) is 25.0 Å². The first-order valence-electron chi connectivity index (χ1n) is 9.66. The third kappa shape index (κ3) is 4.28. The van der Waals surface area contributed by atoms with Crippen LogP contribution in [0.2, 0.25) is 0 Å². The largest absolute Gasteiger partial charge is 0.354 e. The molecule has 0 bridgehead atoms. The zero-order valence-electron chi connectivity index (χ0n) is 15.8. The van der Waals surface area contributed by atoms with Gasteiger partial charge in [0, 0.05) is 38.9 Å². The first-order chi connectivity index (χ1) is 13.2. The fourth-order valence-electron chi connectivity index (χ4n) is 3.60. The zero-order valence-corrected chi connectivity index (χ0v) is 15.8. The molecular weight excluding hydrogens is 342 g/mol. The molecule has 4 rings (SSSR count). The molecule has 1 atom stereocenters. The number of aromatic nitrogens is 3. The van der Waals surface area contributed by atoms with Crippen molar-refractivity contribution in [1.29, 1.82) is 0 Å². The van der Waals surface area contributed by atoms with Gasteiger partial charge in [0.2, 0.25) is 0 Å². The molecule has 2 aromatic rings. The quantitative estimate of drug-likeness (QED) is 0.843. The molecule has 1 amide bonds. The number of amides is 1. The molecule has 2 aliphatic heterocycles. The molecule has 0 radical (unpaired) electrons. The fraction of sp³-hybridized carbons (Fsp3) is 0.526. The van der Waals surface area contributed by atoms with Crippen molar-refractivity contribution in [3.05, 3.63) is 36.3 Å². The number of hydrogen-bond donors (Lipinski definition) is 2. The Morgan fingerprint density at radius 3 is 2.78 bits per heavy atom. The minimum atomic E-state index is -0.202. The highest BCUT2D eigenvalue weighted by Crippen LogP contribution is 2.18. The number of anilines is 2. The normalized spacial score (nSPS) is 21.2. The predicted molar refractivity (Wildman–Crippen MR) is 105 cm³/mol. The number of likely N-dealkylation sites (N-methyl/N-ethyl adjacent to an activating group) is 1. The van der Waals surface area contributed by atoms with Gasteiger partial charge in [-0.2, -0.15) is 5.10 Å². The van der Waals surface area contributed by atoms with Crippen LogP contribution in [-0.4, -0.2) is 71.9 Å². The number of rotatable bonds is 4. The van der Waals surface area contributed by atoms with E-state index in [1.165, 1.54) is 0 Å². The van der Waals surface area contributed by atoms with Crippen LogP contribution in [0.15, 0.2) is 30.6 Å². The van der Waals surface area contributed by atoms with E-state index in [1.54, 1.807) is 12.3 Å². The van der Waals surface area contributed by atoms with Gasteiger partial charge in [0.15, 0.2) is 5.69 Å². The van der Waals surface area contributed by atoms with Crippen LogP contribution >= 0.6 is 0 Å². The predicted octanol–water partition coefficient (Wildman–Crippen LogP) is 1.21. The molecular formula is C19H27N7O. The van der Waals surface area contributed by atoms with Crippen LogP contribution in [0.3, 0.4) is 0 Å². The Labute approximate surface area is 159 Å². The van der Waals surface area contributed by atoms with Crippen LogP contribution in [0, 0.1) is 0 Å². The number of pyridine rings is 1. The van der Waals surface area contributed by atoms with Gasteiger partial charge in [0.05, 0.1) is 17.9 Å². The van der Waals surface area contributed by atoms with Crippen LogP contribution < -0.4 is 15.5 Å². The lowest BCUT2D eigenvalue weighted by Crippen LogP contribution is -2.44. The summed E-state index contributed by atoms with van der Waals surface area (Å²) in [6.45, 7) is 5.99. The number of nitrogens with zero attached hydrogens (tertiary/aromatic N) is 5. The highest BCUT2D eigenvalue weighted by molar-refractivity contribution is 6.02. The molecule has 2 saturated heterocycles. The van der Waals surface area contributed by atoms with Crippen LogP contribution in [0.4, 0.5) is 11.5 Å². The van der Waals surface area contributed by atoms with E-state index < -0.39 is 0 Å². The summed E-state index contributed by atoms with van der Waals surface area (Å²) in [7, 11) is 2.13. The second-order valence-corrected chi connectivity index (χ2v) is 7.33. The summed E-state index contributed by atoms with van der Waals surface area (Å²) in [5.74, 6) is 0.752. The summed E-state index contributed by atoms with van der Waals surface area (Å²) in [4.78, 5) is 21.6. The SMILES string of the molecule is CN1CCN(c2ccc(NC(=O)c3ccn(C4CCCNC4)n3)cn2)CC1. The first-order valence-corrected chi connectivity index (χ1v) is 9.66. The highest BCUT2D eigenvalue weighted by Gasteiger charge is 2.18. The molecule has 144 valence electrons. The Kier molecular flexibility index (Phi) is 5.35. The molecule has 2 aromatic heterocycles. The van der Waals surface area contributed by atoms with Gasteiger partial charge in [0.25, 0.3) is 5.91 Å². The van der Waals surface area contributed by atoms with Crippen molar-refractivity contribution in [2.45, 2.75) is 18.9 Å². The summed E-state index contributed by atoms with van der Waals surface area (Å²) in [5, 5.41) is 10.7. The van der Waals surface area contributed by atoms with E-state index in [4.69, 9.17) is 0 Å². The van der Waals surface area contributed by atoms with E-state index in [-0.39, 0.29) is 5.91 Å². The average Bonchev–Trinajstić information content (AvgIpc) is 3.20. The van der Waals surface area contributed by atoms with Crippen LogP contribution in [0.25, 0.3) is 0 Å². The summed E-state index contributed by atoms with van der Waals surface area (Å²) in [6, 6.07) is 5.97. The summed E-state index contributed by atoms with van der Waals surface area (Å²) < 4.78 is 1.90. The monoisotopic (exact) mass is 369 g/mol. The Hall–Kier alpha value is -2.45. The van der Waals surface area contributed by atoms with Gasteiger partial charge >= 0.3 is 0 Å². The minimum absolute atomic E-state index is 0.202. The molecule has 8 nitrogen and oxygen atoms in total. The van der Waals surface area contributed by atoms with E-state index in [0.717, 1.165) is 57.9 Å². The molecule has 0 aliphatic carbocycles. The molecule has 2 aliphatic rings. The van der Waals surface area contributed by atoms with E-state index in [0.29, 0.717) is 17.4 Å². The molecule has 4 heterocycles. The molecule has 27 heavy (non-hydrogen) atoms. The zero-order chi connectivity index (χ0) is 18.6. The lowest BCUT2D eigenvalue weighted by molar-refractivity contribution is 0.102. The smallest absolute Gasteiger partial charge is 0.276 e. The topological polar surface area (TPSA) is 78.3 Å². The third-order valence-electron chi connectivity index (χ3n) is 5.32. The van der Waals surface area contributed by atoms with Crippen LogP contribution in [0.5, 0.6) is 0 Å². The molecule has 8 heteroatoms. The van der Waals surface area contributed by atoms with Crippen molar-refractivity contribution < 1.29 is 4.79 Å². The maximum Gasteiger partial charge on any atom is 0.276 e. The molecule has 0 saturated carbocycles. The highest BCUT2D eigenvalue weighted by atomic mass is 16.2. The van der Waals surface area contributed by atoms with E-state index in [2.05, 4.69) is 37.6 Å². The van der Waals surface area contributed by atoms with Gasteiger partial charge in [-0.25, -0.2) is 4.98 Å². The van der Waals surface area contributed by atoms with Gasteiger partial charge < -0.3 is 20.4 Å². The first kappa shape index (κ1) is 17.9. The standard InChI is InChI=1S/C19H27N7O/c1-24-9-11-25(12-10-24)18-5-4-15(13-21-18)22-19(27)17-6-8-26(23-17)16-3-2-7-20-14-16/h4-6,8,13,16,20H,2-3,7,9-12,14H2,1H3,(H,22,27). The molecule has 0 aromatic carbocycles. The number of nitrogens with one attached hydrogen (secondary N) is 2. The van der Waals surface area contributed by atoms with Crippen molar-refractivity contribution in [2.24, 2.45) is 0 Å². The second kappa shape index (κ2) is 8.06.